The van der Waals surface area contributed by atoms with Crippen LogP contribution >= 0.6 is 0 Å². The molecule has 68 valence electrons. The van der Waals surface area contributed by atoms with Crippen molar-refractivity contribution in [2.24, 2.45) is 5.73 Å². The molecule has 0 heterocycles. The van der Waals surface area contributed by atoms with E-state index < -0.39 is 5.60 Å². The second-order valence-electron chi connectivity index (χ2n) is 4.39. The van der Waals surface area contributed by atoms with Gasteiger partial charge in [0.1, 0.15) is 0 Å². The number of rotatable bonds is 4. The summed E-state index contributed by atoms with van der Waals surface area (Å²) in [4.78, 5) is 0. The third-order valence-electron chi connectivity index (χ3n) is 1.66. The van der Waals surface area contributed by atoms with E-state index in [1.807, 2.05) is 6.92 Å². The molecule has 0 aromatic heterocycles. The zero-order chi connectivity index (χ0) is 9.12. The highest BCUT2D eigenvalue weighted by Crippen LogP contribution is 2.21. The van der Waals surface area contributed by atoms with Gasteiger partial charge in [-0.05, 0) is 33.6 Å². The van der Waals surface area contributed by atoms with E-state index in [1.165, 1.54) is 0 Å². The summed E-state index contributed by atoms with van der Waals surface area (Å²) in [5, 5.41) is 9.50. The minimum Gasteiger partial charge on any atom is -0.390 e. The maximum Gasteiger partial charge on any atom is 0.0609 e. The lowest BCUT2D eigenvalue weighted by Crippen LogP contribution is -2.42. The van der Waals surface area contributed by atoms with Crippen molar-refractivity contribution in [1.82, 2.24) is 0 Å². The van der Waals surface area contributed by atoms with Crippen LogP contribution in [0.3, 0.4) is 0 Å². The normalized spacial score (nSPS) is 18.0. The molecule has 0 saturated heterocycles. The van der Waals surface area contributed by atoms with E-state index in [-0.39, 0.29) is 5.54 Å². The zero-order valence-corrected chi connectivity index (χ0v) is 8.15. The highest BCUT2D eigenvalue weighted by atomic mass is 16.3. The SMILES string of the molecule is CCCC(C)(N)CC(C)(C)O. The zero-order valence-electron chi connectivity index (χ0n) is 8.15. The average molecular weight is 159 g/mol. The Morgan fingerprint density at radius 1 is 1.27 bits per heavy atom. The van der Waals surface area contributed by atoms with Gasteiger partial charge in [0, 0.05) is 5.54 Å². The molecule has 0 amide bonds. The molecule has 0 fully saturated rings. The summed E-state index contributed by atoms with van der Waals surface area (Å²) in [6, 6.07) is 0. The fourth-order valence-corrected chi connectivity index (χ4v) is 1.65. The van der Waals surface area contributed by atoms with E-state index in [0.717, 1.165) is 12.8 Å². The Balaban J connectivity index is 3.91. The Kier molecular flexibility index (Phi) is 3.52. The third kappa shape index (κ3) is 6.32. The Morgan fingerprint density at radius 2 is 1.73 bits per heavy atom. The van der Waals surface area contributed by atoms with E-state index in [1.54, 1.807) is 13.8 Å². The molecule has 0 aromatic rings. The van der Waals surface area contributed by atoms with Crippen molar-refractivity contribution < 1.29 is 5.11 Å². The first kappa shape index (κ1) is 10.9. The van der Waals surface area contributed by atoms with Gasteiger partial charge in [-0.2, -0.15) is 0 Å². The molecular formula is C9H21NO. The number of hydrogen-bond acceptors (Lipinski definition) is 2. The van der Waals surface area contributed by atoms with Crippen LogP contribution < -0.4 is 5.73 Å². The molecule has 0 aliphatic rings. The lowest BCUT2D eigenvalue weighted by Gasteiger charge is -2.30. The summed E-state index contributed by atoms with van der Waals surface area (Å²) in [5.41, 5.74) is 5.10. The molecule has 2 nitrogen and oxygen atoms in total. The first-order valence-corrected chi connectivity index (χ1v) is 4.28. The highest BCUT2D eigenvalue weighted by Gasteiger charge is 2.26. The molecule has 0 radical (unpaired) electrons. The van der Waals surface area contributed by atoms with Crippen LogP contribution in [-0.4, -0.2) is 16.2 Å². The summed E-state index contributed by atoms with van der Waals surface area (Å²) < 4.78 is 0. The van der Waals surface area contributed by atoms with Crippen LogP contribution in [0.5, 0.6) is 0 Å². The molecule has 3 N–H and O–H groups in total. The van der Waals surface area contributed by atoms with Gasteiger partial charge >= 0.3 is 0 Å². The largest absolute Gasteiger partial charge is 0.390 e. The minimum absolute atomic E-state index is 0.215. The summed E-state index contributed by atoms with van der Waals surface area (Å²) in [6.07, 6.45) is 2.70. The molecule has 0 spiro atoms. The Morgan fingerprint density at radius 3 is 2.00 bits per heavy atom. The van der Waals surface area contributed by atoms with Crippen molar-refractivity contribution in [3.63, 3.8) is 0 Å². The van der Waals surface area contributed by atoms with Gasteiger partial charge in [0.2, 0.25) is 0 Å². The Labute approximate surface area is 69.8 Å². The maximum atomic E-state index is 9.50. The topological polar surface area (TPSA) is 46.2 Å². The molecule has 0 aliphatic heterocycles. The van der Waals surface area contributed by atoms with Crippen LogP contribution in [0, 0.1) is 0 Å². The Bertz CT molecular complexity index is 113. The van der Waals surface area contributed by atoms with E-state index in [9.17, 15) is 5.11 Å². The van der Waals surface area contributed by atoms with Crippen molar-refractivity contribution in [3.8, 4) is 0 Å². The molecule has 2 heteroatoms. The summed E-state index contributed by atoms with van der Waals surface area (Å²) in [6.45, 7) is 7.70. The van der Waals surface area contributed by atoms with Gasteiger partial charge in [-0.1, -0.05) is 13.3 Å². The molecule has 0 rings (SSSR count). The fraction of sp³-hybridized carbons (Fsp3) is 1.00. The molecule has 0 aromatic carbocycles. The van der Waals surface area contributed by atoms with Crippen LogP contribution in [0.25, 0.3) is 0 Å². The summed E-state index contributed by atoms with van der Waals surface area (Å²) in [7, 11) is 0. The van der Waals surface area contributed by atoms with Gasteiger partial charge < -0.3 is 10.8 Å². The van der Waals surface area contributed by atoms with E-state index >= 15 is 0 Å². The first-order valence-electron chi connectivity index (χ1n) is 4.28. The molecular weight excluding hydrogens is 138 g/mol. The predicted octanol–water partition coefficient (Wildman–Crippen LogP) is 1.66. The van der Waals surface area contributed by atoms with Crippen molar-refractivity contribution >= 4 is 0 Å². The van der Waals surface area contributed by atoms with Crippen molar-refractivity contribution in [2.45, 2.75) is 58.1 Å². The standard InChI is InChI=1S/C9H21NO/c1-5-6-9(4,10)7-8(2,3)11/h11H,5-7,10H2,1-4H3. The molecule has 0 saturated carbocycles. The number of hydrogen-bond donors (Lipinski definition) is 2. The summed E-state index contributed by atoms with van der Waals surface area (Å²) in [5.74, 6) is 0. The molecule has 0 aliphatic carbocycles. The monoisotopic (exact) mass is 159 g/mol. The van der Waals surface area contributed by atoms with Crippen LogP contribution in [-0.2, 0) is 0 Å². The first-order chi connectivity index (χ1) is 4.77. The molecule has 11 heavy (non-hydrogen) atoms. The third-order valence-corrected chi connectivity index (χ3v) is 1.66. The lowest BCUT2D eigenvalue weighted by molar-refractivity contribution is 0.0467. The molecule has 1 atom stereocenters. The maximum absolute atomic E-state index is 9.50. The quantitative estimate of drug-likeness (QED) is 0.655. The van der Waals surface area contributed by atoms with Crippen LogP contribution in [0.4, 0.5) is 0 Å². The van der Waals surface area contributed by atoms with E-state index in [2.05, 4.69) is 6.92 Å². The van der Waals surface area contributed by atoms with Crippen LogP contribution in [0.1, 0.15) is 47.0 Å². The smallest absolute Gasteiger partial charge is 0.0609 e. The molecule has 0 bridgehead atoms. The second kappa shape index (κ2) is 3.55. The van der Waals surface area contributed by atoms with Crippen molar-refractivity contribution in [2.75, 3.05) is 0 Å². The van der Waals surface area contributed by atoms with E-state index in [0.29, 0.717) is 6.42 Å². The second-order valence-corrected chi connectivity index (χ2v) is 4.39. The van der Waals surface area contributed by atoms with Gasteiger partial charge in [0.25, 0.3) is 0 Å². The van der Waals surface area contributed by atoms with Crippen LogP contribution in [0.2, 0.25) is 0 Å². The Hall–Kier alpha value is -0.0800. The van der Waals surface area contributed by atoms with Crippen molar-refractivity contribution in [3.05, 3.63) is 0 Å². The minimum atomic E-state index is -0.640. The predicted molar refractivity (Wildman–Crippen MR) is 48.4 cm³/mol. The van der Waals surface area contributed by atoms with Gasteiger partial charge in [0.05, 0.1) is 5.60 Å². The molecule has 1 unspecified atom stereocenters. The van der Waals surface area contributed by atoms with Gasteiger partial charge in [-0.3, -0.25) is 0 Å². The van der Waals surface area contributed by atoms with Gasteiger partial charge in [0.15, 0.2) is 0 Å². The highest BCUT2D eigenvalue weighted by molar-refractivity contribution is 4.85. The lowest BCUT2D eigenvalue weighted by atomic mass is 9.85. The van der Waals surface area contributed by atoms with Crippen molar-refractivity contribution in [1.29, 1.82) is 0 Å². The van der Waals surface area contributed by atoms with Gasteiger partial charge in [-0.15, -0.1) is 0 Å². The van der Waals surface area contributed by atoms with E-state index in [4.69, 9.17) is 5.73 Å². The van der Waals surface area contributed by atoms with Gasteiger partial charge in [-0.25, -0.2) is 0 Å². The fourth-order valence-electron chi connectivity index (χ4n) is 1.65. The average Bonchev–Trinajstić information content (AvgIpc) is 1.55. The number of nitrogens with two attached hydrogens (primary N) is 1. The number of aliphatic hydroxyl groups is 1. The summed E-state index contributed by atoms with van der Waals surface area (Å²) >= 11 is 0. The van der Waals surface area contributed by atoms with Crippen LogP contribution in [0.15, 0.2) is 0 Å².